The highest BCUT2D eigenvalue weighted by Gasteiger charge is 2.30. The molecule has 2 aromatic heterocycles. The maximum absolute atomic E-state index is 16.4. The van der Waals surface area contributed by atoms with Crippen LogP contribution < -0.4 is 20.7 Å². The third kappa shape index (κ3) is 4.54. The highest BCUT2D eigenvalue weighted by atomic mass is 35.5. The van der Waals surface area contributed by atoms with Gasteiger partial charge in [-0.15, -0.1) is 0 Å². The summed E-state index contributed by atoms with van der Waals surface area (Å²) in [5.41, 5.74) is 7.38. The van der Waals surface area contributed by atoms with Crippen LogP contribution in [-0.2, 0) is 0 Å². The van der Waals surface area contributed by atoms with Gasteiger partial charge in [-0.3, -0.25) is 4.90 Å². The van der Waals surface area contributed by atoms with E-state index in [2.05, 4.69) is 25.2 Å². The summed E-state index contributed by atoms with van der Waals surface area (Å²) in [5, 5.41) is 4.45. The van der Waals surface area contributed by atoms with Gasteiger partial charge in [0.2, 0.25) is 0 Å². The number of hydrogen-bond acceptors (Lipinski definition) is 9. The van der Waals surface area contributed by atoms with Crippen molar-refractivity contribution in [3.05, 3.63) is 35.1 Å². The van der Waals surface area contributed by atoms with Crippen molar-refractivity contribution in [2.24, 2.45) is 0 Å². The molecule has 2 aliphatic heterocycles. The number of aromatic nitrogens is 3. The first-order valence-corrected chi connectivity index (χ1v) is 13.4. The highest BCUT2D eigenvalue weighted by molar-refractivity contribution is 7.22. The van der Waals surface area contributed by atoms with Gasteiger partial charge in [0.1, 0.15) is 24.1 Å². The molecule has 0 unspecified atom stereocenters. The number of hydrogen-bond donors (Lipinski definition) is 2. The number of halogens is 3. The second-order valence-electron chi connectivity index (χ2n) is 9.45. The third-order valence-corrected chi connectivity index (χ3v) is 8.15. The molecule has 6 rings (SSSR count). The van der Waals surface area contributed by atoms with Crippen LogP contribution in [0, 0.1) is 5.82 Å². The average Bonchev–Trinajstić information content (AvgIpc) is 3.43. The smallest absolute Gasteiger partial charge is 0.319 e. The van der Waals surface area contributed by atoms with Crippen molar-refractivity contribution in [3.8, 4) is 17.1 Å². The zero-order valence-electron chi connectivity index (χ0n) is 20.2. The second kappa shape index (κ2) is 9.79. The van der Waals surface area contributed by atoms with Gasteiger partial charge in [0, 0.05) is 55.3 Å². The molecule has 2 aromatic carbocycles. The van der Waals surface area contributed by atoms with E-state index in [4.69, 9.17) is 22.1 Å². The number of ether oxygens (including phenoxy) is 1. The molecule has 0 radical (unpaired) electrons. The fourth-order valence-electron chi connectivity index (χ4n) is 5.13. The first-order valence-electron chi connectivity index (χ1n) is 12.2. The van der Waals surface area contributed by atoms with Crippen molar-refractivity contribution < 1.29 is 13.5 Å². The summed E-state index contributed by atoms with van der Waals surface area (Å²) >= 11 is 8.05. The molecule has 0 saturated carbocycles. The van der Waals surface area contributed by atoms with Gasteiger partial charge in [0.25, 0.3) is 0 Å². The van der Waals surface area contributed by atoms with Crippen LogP contribution in [0.5, 0.6) is 6.01 Å². The van der Waals surface area contributed by atoms with E-state index in [-0.39, 0.29) is 34.8 Å². The van der Waals surface area contributed by atoms with E-state index >= 15 is 4.39 Å². The number of likely N-dealkylation sites (N-methyl/N-ethyl adjacent to an activating group) is 1. The number of benzene rings is 2. The van der Waals surface area contributed by atoms with E-state index < -0.39 is 12.0 Å². The molecule has 3 N–H and O–H groups in total. The monoisotopic (exact) mass is 545 g/mol. The third-order valence-electron chi connectivity index (χ3n) is 7.01. The van der Waals surface area contributed by atoms with E-state index in [0.29, 0.717) is 53.5 Å². The van der Waals surface area contributed by atoms with Crippen LogP contribution in [0.15, 0.2) is 24.3 Å². The fraction of sp³-hybridized carbons (Fsp3) is 0.400. The molecule has 4 aromatic rings. The Bertz CT molecular complexity index is 1480. The lowest BCUT2D eigenvalue weighted by Gasteiger charge is -2.29. The number of para-hydroxylation sites is 1. The number of piperazine rings is 1. The number of nitrogens with zero attached hydrogens (tertiary/aromatic N) is 5. The highest BCUT2D eigenvalue weighted by Crippen LogP contribution is 2.42. The molecular weight excluding hydrogens is 520 g/mol. The predicted molar refractivity (Wildman–Crippen MR) is 144 cm³/mol. The topological polar surface area (TPSA) is 92.4 Å². The number of fused-ring (bicyclic) bond motifs is 2. The van der Waals surface area contributed by atoms with Crippen molar-refractivity contribution in [2.45, 2.75) is 18.6 Å². The molecule has 2 aliphatic rings. The Hall–Kier alpha value is -2.86. The first-order chi connectivity index (χ1) is 17.9. The normalized spacial score (nSPS) is 20.8. The zero-order valence-corrected chi connectivity index (χ0v) is 21.8. The lowest BCUT2D eigenvalue weighted by molar-refractivity contribution is 0.188. The van der Waals surface area contributed by atoms with Crippen molar-refractivity contribution >= 4 is 55.0 Å². The molecule has 0 amide bonds. The maximum atomic E-state index is 16.4. The van der Waals surface area contributed by atoms with E-state index in [1.807, 2.05) is 24.1 Å². The van der Waals surface area contributed by atoms with Crippen molar-refractivity contribution in [2.75, 3.05) is 57.0 Å². The van der Waals surface area contributed by atoms with E-state index in [9.17, 15) is 4.39 Å². The van der Waals surface area contributed by atoms with Gasteiger partial charge >= 0.3 is 6.01 Å². The Kier molecular flexibility index (Phi) is 6.47. The summed E-state index contributed by atoms with van der Waals surface area (Å²) in [6.45, 7) is 3.50. The SMILES string of the molecule is CN1C[C@H](F)C[C@H]1COc1nc(N2CCNCC2)c2cc(Cl)c(-c3cccc4sc(N)nc34)c(F)c2n1. The van der Waals surface area contributed by atoms with Crippen LogP contribution in [0.1, 0.15) is 6.42 Å². The van der Waals surface area contributed by atoms with Crippen LogP contribution >= 0.6 is 22.9 Å². The van der Waals surface area contributed by atoms with Crippen LogP contribution in [0.4, 0.5) is 19.7 Å². The molecule has 8 nitrogen and oxygen atoms in total. The van der Waals surface area contributed by atoms with Crippen LogP contribution in [0.3, 0.4) is 0 Å². The number of nitrogens with two attached hydrogens (primary N) is 1. The van der Waals surface area contributed by atoms with E-state index in [1.165, 1.54) is 11.3 Å². The van der Waals surface area contributed by atoms with Gasteiger partial charge in [-0.2, -0.15) is 9.97 Å². The van der Waals surface area contributed by atoms with Crippen molar-refractivity contribution in [3.63, 3.8) is 0 Å². The van der Waals surface area contributed by atoms with E-state index in [0.717, 1.165) is 17.8 Å². The summed E-state index contributed by atoms with van der Waals surface area (Å²) in [6, 6.07) is 7.15. The predicted octanol–water partition coefficient (Wildman–Crippen LogP) is 4.11. The van der Waals surface area contributed by atoms with Crippen molar-refractivity contribution in [1.29, 1.82) is 0 Å². The molecule has 37 heavy (non-hydrogen) atoms. The summed E-state index contributed by atoms with van der Waals surface area (Å²) in [6.07, 6.45) is -0.513. The number of thiazole rings is 1. The van der Waals surface area contributed by atoms with Gasteiger partial charge in [0.15, 0.2) is 10.9 Å². The van der Waals surface area contributed by atoms with Crippen LogP contribution in [-0.4, -0.2) is 78.4 Å². The molecule has 2 fully saturated rings. The minimum Gasteiger partial charge on any atom is -0.462 e. The van der Waals surface area contributed by atoms with Gasteiger partial charge in [-0.1, -0.05) is 35.1 Å². The Labute approximate surface area is 221 Å². The number of anilines is 2. The Morgan fingerprint density at radius 2 is 2.03 bits per heavy atom. The molecule has 12 heteroatoms. The van der Waals surface area contributed by atoms with Gasteiger partial charge in [-0.05, 0) is 25.6 Å². The van der Waals surface area contributed by atoms with Gasteiger partial charge < -0.3 is 20.7 Å². The molecule has 194 valence electrons. The Balaban J connectivity index is 1.48. The molecule has 0 bridgehead atoms. The molecule has 2 atom stereocenters. The number of likely N-dealkylation sites (tertiary alicyclic amines) is 1. The minimum atomic E-state index is -0.892. The number of nitrogens with one attached hydrogen (secondary N) is 1. The number of alkyl halides is 1. The molecule has 4 heterocycles. The standard InChI is InChI=1S/C25H26ClF2N7OS/c1-34-11-13(27)9-14(34)12-36-25-32-22-16(23(33-25)35-7-5-30-6-8-35)10-17(26)19(20(22)28)15-3-2-4-18-21(15)31-24(29)37-18/h2-4,10,13-14,30H,5-9,11-12H2,1H3,(H2,29,31)/t13-,14+/m1/s1. The lowest BCUT2D eigenvalue weighted by Crippen LogP contribution is -2.44. The zero-order chi connectivity index (χ0) is 25.7. The van der Waals surface area contributed by atoms with Crippen LogP contribution in [0.25, 0.3) is 32.2 Å². The lowest BCUT2D eigenvalue weighted by atomic mass is 10.0. The first kappa shape index (κ1) is 24.5. The molecule has 0 aliphatic carbocycles. The fourth-order valence-corrected chi connectivity index (χ4v) is 6.19. The van der Waals surface area contributed by atoms with Gasteiger partial charge in [-0.25, -0.2) is 13.8 Å². The van der Waals surface area contributed by atoms with Gasteiger partial charge in [0.05, 0.1) is 15.2 Å². The average molecular weight is 546 g/mol. The quantitative estimate of drug-likeness (QED) is 0.387. The summed E-state index contributed by atoms with van der Waals surface area (Å²) in [7, 11) is 1.86. The number of nitrogen functional groups attached to an aromatic ring is 1. The minimum absolute atomic E-state index is 0.0556. The van der Waals surface area contributed by atoms with E-state index in [1.54, 1.807) is 12.1 Å². The summed E-state index contributed by atoms with van der Waals surface area (Å²) in [5.74, 6) is -0.0138. The largest absolute Gasteiger partial charge is 0.462 e. The maximum Gasteiger partial charge on any atom is 0.319 e. The summed E-state index contributed by atoms with van der Waals surface area (Å²) in [4.78, 5) is 17.6. The summed E-state index contributed by atoms with van der Waals surface area (Å²) < 4.78 is 37.0. The van der Waals surface area contributed by atoms with Crippen molar-refractivity contribution in [1.82, 2.24) is 25.2 Å². The molecule has 2 saturated heterocycles. The molecule has 0 spiro atoms. The Morgan fingerprint density at radius 3 is 2.78 bits per heavy atom. The molecular formula is C25H26ClF2N7OS. The number of rotatable bonds is 5. The Morgan fingerprint density at radius 1 is 1.22 bits per heavy atom. The van der Waals surface area contributed by atoms with Crippen LogP contribution in [0.2, 0.25) is 5.02 Å². The second-order valence-corrected chi connectivity index (χ2v) is 10.9.